The van der Waals surface area contributed by atoms with Gasteiger partial charge in [-0.1, -0.05) is 11.6 Å². The molecule has 1 aromatic rings. The molecule has 0 bridgehead atoms. The molecule has 112 valence electrons. The zero-order valence-electron chi connectivity index (χ0n) is 11.8. The molecule has 1 atom stereocenters. The minimum atomic E-state index is -1.55. The Morgan fingerprint density at radius 1 is 1.38 bits per heavy atom. The topological polar surface area (TPSA) is 60.4 Å². The van der Waals surface area contributed by atoms with Crippen LogP contribution in [0.3, 0.4) is 0 Å². The van der Waals surface area contributed by atoms with Crippen LogP contribution in [-0.4, -0.2) is 24.1 Å². The van der Waals surface area contributed by atoms with Gasteiger partial charge in [0.15, 0.2) is 17.5 Å². The largest absolute Gasteiger partial charge is 0.465 e. The average Bonchev–Trinajstić information content (AvgIpc) is 2.40. The maximum atomic E-state index is 14.2. The van der Waals surface area contributed by atoms with Crippen LogP contribution in [-0.2, 0) is 19.7 Å². The van der Waals surface area contributed by atoms with E-state index in [-0.39, 0.29) is 22.8 Å². The van der Waals surface area contributed by atoms with Gasteiger partial charge >= 0.3 is 5.97 Å². The van der Waals surface area contributed by atoms with Gasteiger partial charge in [0.1, 0.15) is 5.82 Å². The van der Waals surface area contributed by atoms with Crippen LogP contribution in [0.15, 0.2) is 12.1 Å². The molecule has 0 spiro atoms. The van der Waals surface area contributed by atoms with Crippen LogP contribution >= 0.6 is 11.6 Å². The van der Waals surface area contributed by atoms with Gasteiger partial charge in [-0.15, -0.1) is 0 Å². The van der Waals surface area contributed by atoms with Gasteiger partial charge in [0.25, 0.3) is 0 Å². The smallest absolute Gasteiger partial charge is 0.324 e. The third-order valence-electron chi connectivity index (χ3n) is 3.65. The highest BCUT2D eigenvalue weighted by Gasteiger charge is 2.51. The molecular formula is C15H14ClFO4. The van der Waals surface area contributed by atoms with Crippen molar-refractivity contribution in [3.05, 3.63) is 34.1 Å². The fourth-order valence-electron chi connectivity index (χ4n) is 2.57. The van der Waals surface area contributed by atoms with Crippen LogP contribution in [0.1, 0.15) is 36.7 Å². The number of fused-ring (bicyclic) bond motifs is 1. The Morgan fingerprint density at radius 2 is 2.00 bits per heavy atom. The van der Waals surface area contributed by atoms with E-state index in [9.17, 15) is 18.8 Å². The highest BCUT2D eigenvalue weighted by atomic mass is 35.5. The molecule has 1 aliphatic carbocycles. The Balaban J connectivity index is 2.67. The summed E-state index contributed by atoms with van der Waals surface area (Å²) >= 11 is 5.73. The standard InChI is InChI=1S/C15H14ClFO4/c1-4-21-14(20)9-12(18)7-5-6-8(16)11(17)10(7)15(2,3)13(9)19/h5-6,9H,4H2,1-3H3. The molecule has 0 radical (unpaired) electrons. The van der Waals surface area contributed by atoms with Crippen molar-refractivity contribution in [1.29, 1.82) is 0 Å². The second-order valence-electron chi connectivity index (χ2n) is 5.32. The molecule has 0 N–H and O–H groups in total. The van der Waals surface area contributed by atoms with Crippen LogP contribution in [0.2, 0.25) is 5.02 Å². The number of esters is 1. The normalized spacial score (nSPS) is 20.1. The number of halogens is 2. The highest BCUT2D eigenvalue weighted by molar-refractivity contribution is 6.32. The van der Waals surface area contributed by atoms with E-state index in [0.717, 1.165) is 0 Å². The predicted molar refractivity (Wildman–Crippen MR) is 73.9 cm³/mol. The van der Waals surface area contributed by atoms with E-state index in [2.05, 4.69) is 0 Å². The van der Waals surface area contributed by atoms with Crippen LogP contribution in [0, 0.1) is 11.7 Å². The molecule has 0 saturated carbocycles. The fourth-order valence-corrected chi connectivity index (χ4v) is 2.72. The van der Waals surface area contributed by atoms with Crippen LogP contribution in [0.25, 0.3) is 0 Å². The summed E-state index contributed by atoms with van der Waals surface area (Å²) in [5.41, 5.74) is -1.40. The van der Waals surface area contributed by atoms with Gasteiger partial charge < -0.3 is 4.74 Å². The summed E-state index contributed by atoms with van der Waals surface area (Å²) in [5.74, 6) is -4.68. The molecule has 0 heterocycles. The minimum Gasteiger partial charge on any atom is -0.465 e. The number of carbonyl (C=O) groups excluding carboxylic acids is 3. The quantitative estimate of drug-likeness (QED) is 0.622. The molecule has 6 heteroatoms. The second kappa shape index (κ2) is 5.22. The third-order valence-corrected chi connectivity index (χ3v) is 3.94. The van der Waals surface area contributed by atoms with Crippen molar-refractivity contribution in [2.45, 2.75) is 26.2 Å². The van der Waals surface area contributed by atoms with E-state index in [4.69, 9.17) is 16.3 Å². The summed E-state index contributed by atoms with van der Waals surface area (Å²) in [6.45, 7) is 4.56. The number of hydrogen-bond acceptors (Lipinski definition) is 4. The lowest BCUT2D eigenvalue weighted by molar-refractivity contribution is -0.150. The number of rotatable bonds is 2. The summed E-state index contributed by atoms with van der Waals surface area (Å²) in [7, 11) is 0. The maximum absolute atomic E-state index is 14.2. The van der Waals surface area contributed by atoms with Crippen molar-refractivity contribution in [2.75, 3.05) is 6.61 Å². The van der Waals surface area contributed by atoms with Crippen molar-refractivity contribution >= 4 is 29.1 Å². The van der Waals surface area contributed by atoms with Gasteiger partial charge in [-0.05, 0) is 32.9 Å². The lowest BCUT2D eigenvalue weighted by Gasteiger charge is -2.34. The molecule has 1 unspecified atom stereocenters. The van der Waals surface area contributed by atoms with Crippen molar-refractivity contribution in [2.24, 2.45) is 5.92 Å². The van der Waals surface area contributed by atoms with Crippen molar-refractivity contribution in [3.63, 3.8) is 0 Å². The minimum absolute atomic E-state index is 0.000414. The highest BCUT2D eigenvalue weighted by Crippen LogP contribution is 2.40. The van der Waals surface area contributed by atoms with E-state index in [1.165, 1.54) is 26.0 Å². The zero-order valence-corrected chi connectivity index (χ0v) is 12.6. The van der Waals surface area contributed by atoms with Gasteiger partial charge in [-0.25, -0.2) is 4.39 Å². The molecule has 4 nitrogen and oxygen atoms in total. The summed E-state index contributed by atoms with van der Waals surface area (Å²) in [6.07, 6.45) is 0. The van der Waals surface area contributed by atoms with E-state index < -0.39 is 34.7 Å². The van der Waals surface area contributed by atoms with Crippen molar-refractivity contribution < 1.29 is 23.5 Å². The van der Waals surface area contributed by atoms with Gasteiger partial charge in [0.2, 0.25) is 0 Å². The molecule has 2 rings (SSSR count). The first kappa shape index (κ1) is 15.6. The fraction of sp³-hybridized carbons (Fsp3) is 0.400. The van der Waals surface area contributed by atoms with Gasteiger partial charge in [0.05, 0.1) is 17.0 Å². The SMILES string of the molecule is CCOC(=O)C1C(=O)c2ccc(Cl)c(F)c2C(C)(C)C1=O. The Kier molecular flexibility index (Phi) is 3.89. The van der Waals surface area contributed by atoms with E-state index in [1.807, 2.05) is 0 Å². The number of ketones is 2. The van der Waals surface area contributed by atoms with Crippen molar-refractivity contribution in [3.8, 4) is 0 Å². The second-order valence-corrected chi connectivity index (χ2v) is 5.73. The first-order chi connectivity index (χ1) is 9.73. The van der Waals surface area contributed by atoms with Crippen LogP contribution in [0.4, 0.5) is 4.39 Å². The average molecular weight is 313 g/mol. The van der Waals surface area contributed by atoms with E-state index in [1.54, 1.807) is 6.92 Å². The van der Waals surface area contributed by atoms with Gasteiger partial charge in [-0.2, -0.15) is 0 Å². The lowest BCUT2D eigenvalue weighted by atomic mass is 9.66. The maximum Gasteiger partial charge on any atom is 0.324 e. The molecule has 21 heavy (non-hydrogen) atoms. The summed E-state index contributed by atoms with van der Waals surface area (Å²) in [6, 6.07) is 2.57. The number of ether oxygens (including phenoxy) is 1. The monoisotopic (exact) mass is 312 g/mol. The first-order valence-electron chi connectivity index (χ1n) is 6.47. The number of benzene rings is 1. The molecule has 0 saturated heterocycles. The molecule has 1 aromatic carbocycles. The van der Waals surface area contributed by atoms with Gasteiger partial charge in [-0.3, -0.25) is 14.4 Å². The molecule has 1 aliphatic rings. The van der Waals surface area contributed by atoms with E-state index >= 15 is 0 Å². The molecule has 0 aromatic heterocycles. The molecular weight excluding hydrogens is 299 g/mol. The Labute approximate surface area is 126 Å². The van der Waals surface area contributed by atoms with Crippen LogP contribution in [0.5, 0.6) is 0 Å². The van der Waals surface area contributed by atoms with E-state index in [0.29, 0.717) is 0 Å². The number of carbonyl (C=O) groups is 3. The molecule has 0 aliphatic heterocycles. The lowest BCUT2D eigenvalue weighted by Crippen LogP contribution is -2.48. The number of Topliss-reactive ketones (excluding diaryl/α,β-unsaturated/α-hetero) is 2. The number of hydrogen-bond donors (Lipinski definition) is 0. The summed E-state index contributed by atoms with van der Waals surface area (Å²) in [5, 5.41) is -0.169. The predicted octanol–water partition coefficient (Wildman–Crippen LogP) is 2.70. The van der Waals surface area contributed by atoms with Crippen molar-refractivity contribution in [1.82, 2.24) is 0 Å². The van der Waals surface area contributed by atoms with Gasteiger partial charge in [0, 0.05) is 11.1 Å². The molecule has 0 fully saturated rings. The van der Waals surface area contributed by atoms with Crippen LogP contribution < -0.4 is 0 Å². The third kappa shape index (κ3) is 2.25. The first-order valence-corrected chi connectivity index (χ1v) is 6.84. The molecule has 0 amide bonds. The Morgan fingerprint density at radius 3 is 2.57 bits per heavy atom. The Hall–Kier alpha value is -1.75. The summed E-state index contributed by atoms with van der Waals surface area (Å²) < 4.78 is 19.0. The zero-order chi connectivity index (χ0) is 15.9. The Bertz CT molecular complexity index is 651. The summed E-state index contributed by atoms with van der Waals surface area (Å²) in [4.78, 5) is 36.7.